The van der Waals surface area contributed by atoms with Crippen LogP contribution >= 0.6 is 0 Å². The number of urea groups is 1. The summed E-state index contributed by atoms with van der Waals surface area (Å²) in [6, 6.07) is -0.378. The molecule has 92 valence electrons. The molecule has 0 bridgehead atoms. The summed E-state index contributed by atoms with van der Waals surface area (Å²) in [5.41, 5.74) is 2.11. The summed E-state index contributed by atoms with van der Waals surface area (Å²) in [5.74, 6) is -1.11. The minimum atomic E-state index is -1.11. The third-order valence-electron chi connectivity index (χ3n) is 2.36. The van der Waals surface area contributed by atoms with Crippen molar-refractivity contribution in [1.29, 1.82) is 0 Å². The second-order valence-electron chi connectivity index (χ2n) is 3.73. The van der Waals surface area contributed by atoms with Crippen molar-refractivity contribution in [3.63, 3.8) is 0 Å². The number of aliphatic carboxylic acids is 1. The average molecular weight is 231 g/mol. The number of amides is 2. The van der Waals surface area contributed by atoms with Gasteiger partial charge in [-0.3, -0.25) is 4.84 Å². The molecule has 0 unspecified atom stereocenters. The number of likely N-dealkylation sites (N-methyl/N-ethyl adjacent to an activating group) is 1. The first-order chi connectivity index (χ1) is 7.59. The molecule has 0 aliphatic carbocycles. The van der Waals surface area contributed by atoms with Gasteiger partial charge in [0.15, 0.2) is 6.61 Å². The third-order valence-corrected chi connectivity index (χ3v) is 2.36. The summed E-state index contributed by atoms with van der Waals surface area (Å²) in [7, 11) is 2.00. The minimum Gasteiger partial charge on any atom is -0.479 e. The molecule has 1 rings (SSSR count). The zero-order chi connectivity index (χ0) is 12.0. The molecule has 2 N–H and O–H groups in total. The third kappa shape index (κ3) is 4.45. The van der Waals surface area contributed by atoms with E-state index in [1.807, 2.05) is 7.05 Å². The maximum atomic E-state index is 11.5. The van der Waals surface area contributed by atoms with Crippen LogP contribution in [0.1, 0.15) is 6.42 Å². The minimum absolute atomic E-state index is 0.378. The van der Waals surface area contributed by atoms with Gasteiger partial charge >= 0.3 is 12.0 Å². The Balaban J connectivity index is 2.27. The predicted octanol–water partition coefficient (Wildman–Crippen LogP) is -0.650. The van der Waals surface area contributed by atoms with Crippen molar-refractivity contribution < 1.29 is 19.5 Å². The van der Waals surface area contributed by atoms with E-state index in [2.05, 4.69) is 15.2 Å². The van der Waals surface area contributed by atoms with Crippen molar-refractivity contribution in [2.45, 2.75) is 6.42 Å². The highest BCUT2D eigenvalue weighted by atomic mass is 16.7. The molecule has 0 saturated carbocycles. The zero-order valence-electron chi connectivity index (χ0n) is 9.31. The molecule has 1 aliphatic rings. The maximum absolute atomic E-state index is 11.5. The van der Waals surface area contributed by atoms with Gasteiger partial charge in [-0.15, -0.1) is 0 Å². The van der Waals surface area contributed by atoms with E-state index in [4.69, 9.17) is 5.11 Å². The SMILES string of the molecule is CN1CCCN(C(=O)NOCC(=O)O)CC1. The number of hydrogen-bond acceptors (Lipinski definition) is 4. The Hall–Kier alpha value is -1.34. The number of carboxylic acids is 1. The molecule has 7 nitrogen and oxygen atoms in total. The molecule has 0 atom stereocenters. The van der Waals surface area contributed by atoms with Gasteiger partial charge in [-0.05, 0) is 20.0 Å². The number of carbonyl (C=O) groups excluding carboxylic acids is 1. The second-order valence-corrected chi connectivity index (χ2v) is 3.73. The van der Waals surface area contributed by atoms with Crippen molar-refractivity contribution >= 4 is 12.0 Å². The first-order valence-corrected chi connectivity index (χ1v) is 5.16. The lowest BCUT2D eigenvalue weighted by atomic mass is 10.4. The van der Waals surface area contributed by atoms with Crippen LogP contribution in [0.5, 0.6) is 0 Å². The fraction of sp³-hybridized carbons (Fsp3) is 0.778. The van der Waals surface area contributed by atoms with Crippen LogP contribution in [-0.2, 0) is 9.63 Å². The number of carbonyl (C=O) groups is 2. The van der Waals surface area contributed by atoms with Crippen LogP contribution in [0.3, 0.4) is 0 Å². The van der Waals surface area contributed by atoms with E-state index in [1.54, 1.807) is 4.90 Å². The molecule has 0 aromatic carbocycles. The van der Waals surface area contributed by atoms with Crippen LogP contribution < -0.4 is 5.48 Å². The monoisotopic (exact) mass is 231 g/mol. The van der Waals surface area contributed by atoms with Gasteiger partial charge in [-0.25, -0.2) is 15.1 Å². The number of nitrogens with one attached hydrogen (secondary N) is 1. The summed E-state index contributed by atoms with van der Waals surface area (Å²) in [6.07, 6.45) is 0.906. The summed E-state index contributed by atoms with van der Waals surface area (Å²) < 4.78 is 0. The van der Waals surface area contributed by atoms with Crippen LogP contribution in [0.2, 0.25) is 0 Å². The molecule has 0 spiro atoms. The Bertz CT molecular complexity index is 259. The Labute approximate surface area is 93.9 Å². The molecule has 1 saturated heterocycles. The van der Waals surface area contributed by atoms with Gasteiger partial charge in [0.2, 0.25) is 0 Å². The van der Waals surface area contributed by atoms with E-state index in [-0.39, 0.29) is 6.03 Å². The smallest absolute Gasteiger partial charge is 0.341 e. The van der Waals surface area contributed by atoms with Gasteiger partial charge < -0.3 is 14.9 Å². The number of rotatable bonds is 3. The van der Waals surface area contributed by atoms with E-state index in [1.165, 1.54) is 0 Å². The van der Waals surface area contributed by atoms with Crippen LogP contribution in [0.25, 0.3) is 0 Å². The largest absolute Gasteiger partial charge is 0.479 e. The molecular weight excluding hydrogens is 214 g/mol. The molecule has 2 amide bonds. The molecular formula is C9H17N3O4. The Kier molecular flexibility index (Phi) is 5.00. The second kappa shape index (κ2) is 6.29. The van der Waals surface area contributed by atoms with Gasteiger partial charge in [0.1, 0.15) is 0 Å². The number of nitrogens with zero attached hydrogens (tertiary/aromatic N) is 2. The standard InChI is InChI=1S/C9H17N3O4/c1-11-3-2-4-12(6-5-11)9(15)10-16-7-8(13)14/h2-7H2,1H3,(H,10,15)(H,13,14). The number of hydroxylamine groups is 1. The predicted molar refractivity (Wildman–Crippen MR) is 55.8 cm³/mol. The highest BCUT2D eigenvalue weighted by Crippen LogP contribution is 2.00. The van der Waals surface area contributed by atoms with Crippen molar-refractivity contribution in [3.05, 3.63) is 0 Å². The van der Waals surface area contributed by atoms with Crippen molar-refractivity contribution in [1.82, 2.24) is 15.3 Å². The Morgan fingerprint density at radius 3 is 2.75 bits per heavy atom. The molecule has 1 aliphatic heterocycles. The highest BCUT2D eigenvalue weighted by molar-refractivity contribution is 5.73. The van der Waals surface area contributed by atoms with Crippen molar-refractivity contribution in [2.24, 2.45) is 0 Å². The summed E-state index contributed by atoms with van der Waals surface area (Å²) in [6.45, 7) is 2.52. The van der Waals surface area contributed by atoms with Crippen LogP contribution in [-0.4, -0.2) is 66.7 Å². The highest BCUT2D eigenvalue weighted by Gasteiger charge is 2.17. The number of hydrogen-bond donors (Lipinski definition) is 2. The summed E-state index contributed by atoms with van der Waals surface area (Å²) in [4.78, 5) is 30.0. The lowest BCUT2D eigenvalue weighted by Crippen LogP contribution is -2.42. The van der Waals surface area contributed by atoms with Crippen LogP contribution in [0, 0.1) is 0 Å². The molecule has 16 heavy (non-hydrogen) atoms. The first-order valence-electron chi connectivity index (χ1n) is 5.16. The Morgan fingerprint density at radius 1 is 1.31 bits per heavy atom. The lowest BCUT2D eigenvalue weighted by molar-refractivity contribution is -0.144. The quantitative estimate of drug-likeness (QED) is 0.631. The molecule has 1 fully saturated rings. The van der Waals surface area contributed by atoms with Gasteiger partial charge in [-0.1, -0.05) is 0 Å². The van der Waals surface area contributed by atoms with Gasteiger partial charge in [0.05, 0.1) is 0 Å². The topological polar surface area (TPSA) is 82.1 Å². The van der Waals surface area contributed by atoms with Crippen LogP contribution in [0.15, 0.2) is 0 Å². The molecule has 0 radical (unpaired) electrons. The number of carboxylic acid groups (broad SMARTS) is 1. The first kappa shape index (κ1) is 12.7. The fourth-order valence-corrected chi connectivity index (χ4v) is 1.47. The molecule has 0 aromatic heterocycles. The molecule has 7 heteroatoms. The van der Waals surface area contributed by atoms with E-state index in [9.17, 15) is 9.59 Å². The van der Waals surface area contributed by atoms with E-state index in [0.29, 0.717) is 13.1 Å². The van der Waals surface area contributed by atoms with E-state index in [0.717, 1.165) is 19.5 Å². The van der Waals surface area contributed by atoms with Gasteiger partial charge in [-0.2, -0.15) is 0 Å². The summed E-state index contributed by atoms with van der Waals surface area (Å²) in [5, 5.41) is 8.32. The van der Waals surface area contributed by atoms with Gasteiger partial charge in [0.25, 0.3) is 0 Å². The van der Waals surface area contributed by atoms with Crippen LogP contribution in [0.4, 0.5) is 4.79 Å². The molecule has 1 heterocycles. The molecule has 0 aromatic rings. The van der Waals surface area contributed by atoms with Gasteiger partial charge in [0, 0.05) is 19.6 Å². The maximum Gasteiger partial charge on any atom is 0.341 e. The van der Waals surface area contributed by atoms with E-state index < -0.39 is 12.6 Å². The van der Waals surface area contributed by atoms with E-state index >= 15 is 0 Å². The normalized spacial score (nSPS) is 17.9. The summed E-state index contributed by atoms with van der Waals surface area (Å²) >= 11 is 0. The van der Waals surface area contributed by atoms with Crippen molar-refractivity contribution in [2.75, 3.05) is 39.8 Å². The average Bonchev–Trinajstić information content (AvgIpc) is 2.42. The fourth-order valence-electron chi connectivity index (χ4n) is 1.47. The zero-order valence-corrected chi connectivity index (χ0v) is 9.31. The lowest BCUT2D eigenvalue weighted by Gasteiger charge is -2.20. The van der Waals surface area contributed by atoms with Crippen molar-refractivity contribution in [3.8, 4) is 0 Å². The Morgan fingerprint density at radius 2 is 2.06 bits per heavy atom.